The van der Waals surface area contributed by atoms with Crippen LogP contribution in [0.4, 0.5) is 13.2 Å². The molecule has 13 heteroatoms. The maximum atomic E-state index is 12.2. The fourth-order valence-electron chi connectivity index (χ4n) is 3.54. The minimum Gasteiger partial charge on any atom is -0.475 e. The van der Waals surface area contributed by atoms with Crippen LogP contribution in [0.3, 0.4) is 0 Å². The number of halogens is 3. The van der Waals surface area contributed by atoms with Crippen molar-refractivity contribution in [3.8, 4) is 0 Å². The van der Waals surface area contributed by atoms with Gasteiger partial charge in [-0.2, -0.15) is 17.5 Å². The number of ether oxygens (including phenoxy) is 1. The maximum Gasteiger partial charge on any atom is 0.490 e. The summed E-state index contributed by atoms with van der Waals surface area (Å²) < 4.78 is 63.6. The van der Waals surface area contributed by atoms with Crippen LogP contribution in [0.15, 0.2) is 24.5 Å². The van der Waals surface area contributed by atoms with Gasteiger partial charge < -0.3 is 15.2 Å². The van der Waals surface area contributed by atoms with Gasteiger partial charge in [-0.3, -0.25) is 9.78 Å². The molecule has 180 valence electrons. The number of aliphatic carboxylic acids is 1. The minimum atomic E-state index is -5.08. The zero-order chi connectivity index (χ0) is 24.2. The Morgan fingerprint density at radius 3 is 2.38 bits per heavy atom. The van der Waals surface area contributed by atoms with E-state index in [1.165, 1.54) is 4.31 Å². The number of nitrogens with zero attached hydrogens (tertiary/aromatic N) is 2. The lowest BCUT2D eigenvalue weighted by molar-refractivity contribution is -0.192. The van der Waals surface area contributed by atoms with E-state index in [1.54, 1.807) is 38.4 Å². The van der Waals surface area contributed by atoms with Gasteiger partial charge in [-0.1, -0.05) is 0 Å². The molecule has 1 spiro atoms. The molecule has 1 aromatic rings. The SMILES string of the molecule is CC(C)S(=O)(=O)N1CC2(C1)OCCC2CCNC(=O)c1ccncc1.O=C(O)C(F)(F)F. The number of carboxylic acids is 1. The van der Waals surface area contributed by atoms with Crippen molar-refractivity contribution in [2.24, 2.45) is 5.92 Å². The number of sulfonamides is 1. The van der Waals surface area contributed by atoms with E-state index in [0.29, 0.717) is 31.8 Å². The quantitative estimate of drug-likeness (QED) is 0.633. The second kappa shape index (κ2) is 10.1. The Labute approximate surface area is 184 Å². The van der Waals surface area contributed by atoms with Crippen LogP contribution in [0.25, 0.3) is 0 Å². The van der Waals surface area contributed by atoms with Gasteiger partial charge in [0, 0.05) is 44.2 Å². The first-order valence-corrected chi connectivity index (χ1v) is 11.4. The van der Waals surface area contributed by atoms with Gasteiger partial charge in [0.2, 0.25) is 10.0 Å². The molecule has 0 radical (unpaired) electrons. The van der Waals surface area contributed by atoms with Crippen molar-refractivity contribution in [3.63, 3.8) is 0 Å². The number of amides is 1. The van der Waals surface area contributed by atoms with Gasteiger partial charge in [-0.25, -0.2) is 13.2 Å². The average molecular weight is 481 g/mol. The molecule has 1 aromatic heterocycles. The monoisotopic (exact) mass is 481 g/mol. The molecule has 2 N–H and O–H groups in total. The Morgan fingerprint density at radius 2 is 1.88 bits per heavy atom. The minimum absolute atomic E-state index is 0.118. The summed E-state index contributed by atoms with van der Waals surface area (Å²) in [5.41, 5.74) is 0.217. The topological polar surface area (TPSA) is 126 Å². The lowest BCUT2D eigenvalue weighted by Gasteiger charge is -2.49. The third-order valence-electron chi connectivity index (χ3n) is 5.41. The molecule has 0 saturated carbocycles. The van der Waals surface area contributed by atoms with Crippen molar-refractivity contribution < 1.29 is 41.0 Å². The summed E-state index contributed by atoms with van der Waals surface area (Å²) in [6.45, 7) is 5.45. The maximum absolute atomic E-state index is 12.2. The van der Waals surface area contributed by atoms with E-state index in [9.17, 15) is 26.4 Å². The van der Waals surface area contributed by atoms with Crippen LogP contribution in [0.1, 0.15) is 37.0 Å². The molecule has 1 atom stereocenters. The number of pyridine rings is 1. The van der Waals surface area contributed by atoms with E-state index >= 15 is 0 Å². The molecule has 2 saturated heterocycles. The van der Waals surface area contributed by atoms with Gasteiger partial charge in [0.05, 0.1) is 10.9 Å². The third kappa shape index (κ3) is 6.17. The molecule has 3 heterocycles. The van der Waals surface area contributed by atoms with Crippen LogP contribution in [0, 0.1) is 5.92 Å². The molecule has 1 amide bonds. The van der Waals surface area contributed by atoms with Crippen molar-refractivity contribution >= 4 is 21.9 Å². The highest BCUT2D eigenvalue weighted by atomic mass is 32.2. The van der Waals surface area contributed by atoms with E-state index in [4.69, 9.17) is 14.6 Å². The van der Waals surface area contributed by atoms with E-state index < -0.39 is 27.4 Å². The van der Waals surface area contributed by atoms with Crippen LogP contribution >= 0.6 is 0 Å². The zero-order valence-electron chi connectivity index (χ0n) is 17.6. The Balaban J connectivity index is 0.000000451. The second-order valence-corrected chi connectivity index (χ2v) is 10.3. The first-order chi connectivity index (χ1) is 14.8. The van der Waals surface area contributed by atoms with Crippen molar-refractivity contribution in [2.45, 2.75) is 43.7 Å². The van der Waals surface area contributed by atoms with Crippen molar-refractivity contribution in [1.29, 1.82) is 0 Å². The van der Waals surface area contributed by atoms with Gasteiger partial charge in [0.1, 0.15) is 0 Å². The molecular weight excluding hydrogens is 455 g/mol. The normalized spacial score (nSPS) is 20.4. The van der Waals surface area contributed by atoms with Gasteiger partial charge in [-0.15, -0.1) is 0 Å². The summed E-state index contributed by atoms with van der Waals surface area (Å²) in [6, 6.07) is 3.35. The number of alkyl halides is 3. The van der Waals surface area contributed by atoms with E-state index in [2.05, 4.69) is 10.3 Å². The smallest absolute Gasteiger partial charge is 0.475 e. The van der Waals surface area contributed by atoms with Crippen LogP contribution in [-0.2, 0) is 19.6 Å². The number of carboxylic acid groups (broad SMARTS) is 1. The number of nitrogens with one attached hydrogen (secondary N) is 1. The highest BCUT2D eigenvalue weighted by molar-refractivity contribution is 7.89. The highest BCUT2D eigenvalue weighted by Gasteiger charge is 2.56. The lowest BCUT2D eigenvalue weighted by atomic mass is 9.80. The first-order valence-electron chi connectivity index (χ1n) is 9.91. The Bertz CT molecular complexity index is 903. The van der Waals surface area contributed by atoms with Crippen molar-refractivity contribution in [2.75, 3.05) is 26.2 Å². The number of rotatable bonds is 6. The van der Waals surface area contributed by atoms with Crippen molar-refractivity contribution in [1.82, 2.24) is 14.6 Å². The molecule has 3 rings (SSSR count). The summed E-state index contributed by atoms with van der Waals surface area (Å²) in [7, 11) is -3.22. The molecule has 32 heavy (non-hydrogen) atoms. The van der Waals surface area contributed by atoms with Crippen LogP contribution < -0.4 is 5.32 Å². The molecule has 0 bridgehead atoms. The molecule has 2 fully saturated rings. The molecule has 9 nitrogen and oxygen atoms in total. The van der Waals surface area contributed by atoms with Crippen LogP contribution in [-0.4, -0.2) is 78.0 Å². The standard InChI is InChI=1S/C17H25N3O4S.C2HF3O2/c1-13(2)25(22,23)20-11-17(12-20)15(6-10-24-17)5-9-19-16(21)14-3-7-18-8-4-14;3-2(4,5)1(6)7/h3-4,7-8,13,15H,5-6,9-12H2,1-2H3,(H,19,21);(H,6,7). The zero-order valence-corrected chi connectivity index (χ0v) is 18.4. The van der Waals surface area contributed by atoms with Gasteiger partial charge in [0.25, 0.3) is 5.91 Å². The summed E-state index contributed by atoms with van der Waals surface area (Å²) >= 11 is 0. The van der Waals surface area contributed by atoms with Gasteiger partial charge >= 0.3 is 12.1 Å². The van der Waals surface area contributed by atoms with Crippen molar-refractivity contribution in [3.05, 3.63) is 30.1 Å². The molecule has 2 aliphatic rings. The Hall–Kier alpha value is -2.25. The molecule has 1 unspecified atom stereocenters. The second-order valence-electron chi connectivity index (χ2n) is 7.84. The summed E-state index contributed by atoms with van der Waals surface area (Å²) in [5, 5.41) is 9.63. The Kier molecular flexibility index (Phi) is 8.23. The van der Waals surface area contributed by atoms with E-state index in [-0.39, 0.29) is 17.4 Å². The molecular formula is C19H26F3N3O6S. The summed E-state index contributed by atoms with van der Waals surface area (Å²) in [5.74, 6) is -2.61. The van der Waals surface area contributed by atoms with Crippen LogP contribution in [0.2, 0.25) is 0 Å². The summed E-state index contributed by atoms with van der Waals surface area (Å²) in [4.78, 5) is 24.9. The molecule has 2 aliphatic heterocycles. The number of hydrogen-bond donors (Lipinski definition) is 2. The summed E-state index contributed by atoms with van der Waals surface area (Å²) in [6.07, 6.45) is -0.216. The lowest BCUT2D eigenvalue weighted by Crippen LogP contribution is -2.67. The average Bonchev–Trinajstić information content (AvgIpc) is 3.11. The van der Waals surface area contributed by atoms with E-state index in [0.717, 1.165) is 12.8 Å². The van der Waals surface area contributed by atoms with Crippen LogP contribution in [0.5, 0.6) is 0 Å². The fourth-order valence-corrected chi connectivity index (χ4v) is 4.93. The largest absolute Gasteiger partial charge is 0.490 e. The predicted molar refractivity (Wildman–Crippen MR) is 107 cm³/mol. The fraction of sp³-hybridized carbons (Fsp3) is 0.632. The number of hydrogen-bond acceptors (Lipinski definition) is 6. The molecule has 0 aliphatic carbocycles. The molecule has 0 aromatic carbocycles. The number of carbonyl (C=O) groups excluding carboxylic acids is 1. The Morgan fingerprint density at radius 1 is 1.31 bits per heavy atom. The van der Waals surface area contributed by atoms with Gasteiger partial charge in [0.15, 0.2) is 0 Å². The van der Waals surface area contributed by atoms with Gasteiger partial charge in [-0.05, 0) is 44.7 Å². The predicted octanol–water partition coefficient (Wildman–Crippen LogP) is 1.66. The number of aromatic nitrogens is 1. The highest BCUT2D eigenvalue weighted by Crippen LogP contribution is 2.43. The first kappa shape index (κ1) is 26.0. The third-order valence-corrected chi connectivity index (χ3v) is 7.58. The number of carbonyl (C=O) groups is 2. The van der Waals surface area contributed by atoms with E-state index in [1.807, 2.05) is 0 Å².